The Morgan fingerprint density at radius 2 is 1.43 bits per heavy atom. The van der Waals surface area contributed by atoms with Crippen molar-refractivity contribution in [1.29, 1.82) is 0 Å². The third kappa shape index (κ3) is 45.5. The Hall–Kier alpha value is -1.18. The van der Waals surface area contributed by atoms with Crippen LogP contribution in [0.5, 0.6) is 0 Å². The lowest BCUT2D eigenvalue weighted by molar-refractivity contribution is -0.155. The van der Waals surface area contributed by atoms with Gasteiger partial charge in [-0.3, -0.25) is 9.59 Å². The molecule has 1 unspecified atom stereocenters. The zero-order valence-electron chi connectivity index (χ0n) is 13.0. The van der Waals surface area contributed by atoms with Crippen LogP contribution in [0.2, 0.25) is 0 Å². The van der Waals surface area contributed by atoms with Crippen molar-refractivity contribution < 1.29 is 34.0 Å². The van der Waals surface area contributed by atoms with E-state index in [4.69, 9.17) is 14.9 Å². The van der Waals surface area contributed by atoms with E-state index in [2.05, 4.69) is 9.47 Å². The van der Waals surface area contributed by atoms with Gasteiger partial charge in [-0.1, -0.05) is 7.43 Å². The maximum atomic E-state index is 10.3. The summed E-state index contributed by atoms with van der Waals surface area (Å²) in [7, 11) is 0. The third-order valence-electron chi connectivity index (χ3n) is 1.40. The number of carbonyl (C=O) groups is 2. The van der Waals surface area contributed by atoms with Crippen LogP contribution in [0.25, 0.3) is 0 Å². The summed E-state index contributed by atoms with van der Waals surface area (Å²) in [5, 5.41) is 15.2. The van der Waals surface area contributed by atoms with E-state index in [1.54, 1.807) is 6.92 Å². The van der Waals surface area contributed by atoms with Crippen molar-refractivity contribution in [2.24, 2.45) is 0 Å². The number of ether oxygens (including phenoxy) is 3. The van der Waals surface area contributed by atoms with Gasteiger partial charge in [0.25, 0.3) is 0 Å². The van der Waals surface area contributed by atoms with Gasteiger partial charge in [0.15, 0.2) is 0 Å². The zero-order chi connectivity index (χ0) is 16.4. The fourth-order valence-electron chi connectivity index (χ4n) is 0.756. The average molecular weight is 312 g/mol. The first-order valence-corrected chi connectivity index (χ1v) is 6.45. The summed E-state index contributed by atoms with van der Waals surface area (Å²) in [5.74, 6) is -0.742. The quantitative estimate of drug-likeness (QED) is 0.709. The number of rotatable bonds is 6. The average Bonchev–Trinajstić information content (AvgIpc) is 2.37. The molecule has 0 heterocycles. The zero-order valence-corrected chi connectivity index (χ0v) is 13.0. The minimum Gasteiger partial charge on any atom is -0.462 e. The topological polar surface area (TPSA) is 102 Å². The summed E-state index contributed by atoms with van der Waals surface area (Å²) in [6, 6.07) is 0. The minimum absolute atomic E-state index is 0. The number of hydrogen-bond donors (Lipinski definition) is 2. The molecule has 0 radical (unpaired) electrons. The largest absolute Gasteiger partial charge is 0.462 e. The second-order valence-electron chi connectivity index (χ2n) is 3.45. The van der Waals surface area contributed by atoms with E-state index >= 15 is 0 Å². The molecule has 0 rings (SSSR count). The van der Waals surface area contributed by atoms with E-state index in [9.17, 15) is 9.59 Å². The Morgan fingerprint density at radius 1 is 1.00 bits per heavy atom. The van der Waals surface area contributed by atoms with Crippen molar-refractivity contribution in [1.82, 2.24) is 0 Å². The molecule has 7 heteroatoms. The second kappa shape index (κ2) is 23.9. The molecular weight excluding hydrogens is 280 g/mol. The molecule has 0 aromatic heterocycles. The molecule has 0 fully saturated rings. The molecule has 0 amide bonds. The van der Waals surface area contributed by atoms with Gasteiger partial charge in [0, 0.05) is 27.1 Å². The highest BCUT2D eigenvalue weighted by Crippen LogP contribution is 1.92. The molecule has 0 aromatic rings. The van der Waals surface area contributed by atoms with Gasteiger partial charge in [0.05, 0.1) is 13.2 Å². The minimum atomic E-state index is -0.371. The van der Waals surface area contributed by atoms with E-state index in [-0.39, 0.29) is 45.3 Å². The maximum Gasteiger partial charge on any atom is 0.303 e. The van der Waals surface area contributed by atoms with Gasteiger partial charge in [-0.05, 0) is 20.8 Å². The van der Waals surface area contributed by atoms with E-state index in [1.807, 2.05) is 13.8 Å². The van der Waals surface area contributed by atoms with Crippen molar-refractivity contribution in [2.45, 2.75) is 48.1 Å². The molecule has 0 spiro atoms. The summed E-state index contributed by atoms with van der Waals surface area (Å²) in [5.41, 5.74) is 0. The van der Waals surface area contributed by atoms with Crippen LogP contribution in [-0.2, 0) is 23.8 Å². The maximum absolute atomic E-state index is 10.3. The molecule has 2 N–H and O–H groups in total. The number of aliphatic hydroxyl groups excluding tert-OH is 2. The summed E-state index contributed by atoms with van der Waals surface area (Å²) in [4.78, 5) is 20.6. The Balaban J connectivity index is -0.000000121. The fraction of sp³-hybridized carbons (Fsp3) is 0.857. The van der Waals surface area contributed by atoms with E-state index < -0.39 is 0 Å². The lowest BCUT2D eigenvalue weighted by atomic mass is 10.4. The molecule has 7 nitrogen and oxygen atoms in total. The first-order chi connectivity index (χ1) is 9.35. The molecule has 21 heavy (non-hydrogen) atoms. The molecule has 0 aliphatic rings. The van der Waals surface area contributed by atoms with Crippen molar-refractivity contribution in [3.8, 4) is 0 Å². The molecule has 0 aromatic carbocycles. The van der Waals surface area contributed by atoms with Gasteiger partial charge in [-0.25, -0.2) is 0 Å². The fourth-order valence-corrected chi connectivity index (χ4v) is 0.756. The lowest BCUT2D eigenvalue weighted by Gasteiger charge is -2.10. The van der Waals surface area contributed by atoms with Crippen LogP contribution in [0.15, 0.2) is 0 Å². The van der Waals surface area contributed by atoms with Crippen LogP contribution in [0.4, 0.5) is 0 Å². The third-order valence-corrected chi connectivity index (χ3v) is 1.40. The number of carbonyl (C=O) groups excluding carboxylic acids is 2. The van der Waals surface area contributed by atoms with Gasteiger partial charge < -0.3 is 24.4 Å². The van der Waals surface area contributed by atoms with Crippen LogP contribution in [0.3, 0.4) is 0 Å². The normalized spacial score (nSPS) is 9.67. The Bertz CT molecular complexity index is 215. The van der Waals surface area contributed by atoms with Crippen molar-refractivity contribution in [3.05, 3.63) is 0 Å². The predicted molar refractivity (Wildman–Crippen MR) is 80.9 cm³/mol. The molecule has 1 atom stereocenters. The monoisotopic (exact) mass is 312 g/mol. The highest BCUT2D eigenvalue weighted by Gasteiger charge is 2.06. The molecule has 0 saturated carbocycles. The van der Waals surface area contributed by atoms with Crippen molar-refractivity contribution in [3.63, 3.8) is 0 Å². The van der Waals surface area contributed by atoms with Crippen LogP contribution in [0.1, 0.15) is 42.0 Å². The lowest BCUT2D eigenvalue weighted by Crippen LogP contribution is -2.19. The molecule has 0 bridgehead atoms. The standard InChI is InChI=1S/C7H12O4.C4H10O.C2H6O2.CH4/c1-5(11-7(3)9)4-10-6(2)8;1-3-5-4-2;3-1-2-4;/h5H,4H2,1-3H3;3-4H2,1-2H3;3-4H,1-2H2;1H4. The summed E-state index contributed by atoms with van der Waals surface area (Å²) in [6.07, 6.45) is -0.364. The van der Waals surface area contributed by atoms with Gasteiger partial charge in [-0.15, -0.1) is 0 Å². The van der Waals surface area contributed by atoms with Crippen LogP contribution < -0.4 is 0 Å². The molecular formula is C14H32O7. The Morgan fingerprint density at radius 3 is 1.62 bits per heavy atom. The van der Waals surface area contributed by atoms with Crippen molar-refractivity contribution >= 4 is 11.9 Å². The summed E-state index contributed by atoms with van der Waals surface area (Å²) in [6.45, 7) is 9.81. The van der Waals surface area contributed by atoms with Gasteiger partial charge in [0.1, 0.15) is 12.7 Å². The highest BCUT2D eigenvalue weighted by molar-refractivity contribution is 5.67. The summed E-state index contributed by atoms with van der Waals surface area (Å²) >= 11 is 0. The SMILES string of the molecule is C.CC(=O)OCC(C)OC(C)=O.CCOCC.OCCO. The molecule has 0 aliphatic heterocycles. The number of hydrogen-bond acceptors (Lipinski definition) is 7. The van der Waals surface area contributed by atoms with Gasteiger partial charge in [0.2, 0.25) is 0 Å². The molecule has 0 aliphatic carbocycles. The van der Waals surface area contributed by atoms with E-state index in [0.29, 0.717) is 0 Å². The van der Waals surface area contributed by atoms with Crippen LogP contribution in [0, 0.1) is 0 Å². The number of aliphatic hydroxyl groups is 2. The predicted octanol–water partition coefficient (Wildman–Crippen LogP) is 1.15. The van der Waals surface area contributed by atoms with E-state index in [0.717, 1.165) is 13.2 Å². The summed E-state index contributed by atoms with van der Waals surface area (Å²) < 4.78 is 14.1. The number of esters is 2. The Kier molecular flexibility index (Phi) is 31.9. The second-order valence-corrected chi connectivity index (χ2v) is 3.45. The molecule has 0 saturated heterocycles. The van der Waals surface area contributed by atoms with Crippen molar-refractivity contribution in [2.75, 3.05) is 33.0 Å². The van der Waals surface area contributed by atoms with Crippen LogP contribution in [-0.4, -0.2) is 61.3 Å². The highest BCUT2D eigenvalue weighted by atomic mass is 16.6. The van der Waals surface area contributed by atoms with E-state index in [1.165, 1.54) is 13.8 Å². The Labute approximate surface area is 128 Å². The smallest absolute Gasteiger partial charge is 0.303 e. The first kappa shape index (κ1) is 28.0. The first-order valence-electron chi connectivity index (χ1n) is 6.45. The van der Waals surface area contributed by atoms with Gasteiger partial charge in [-0.2, -0.15) is 0 Å². The van der Waals surface area contributed by atoms with Crippen LogP contribution >= 0.6 is 0 Å². The van der Waals surface area contributed by atoms with Gasteiger partial charge >= 0.3 is 11.9 Å². The molecule has 130 valence electrons.